The predicted octanol–water partition coefficient (Wildman–Crippen LogP) is 0.621. The number of hydrogen-bond acceptors (Lipinski definition) is 3. The van der Waals surface area contributed by atoms with E-state index in [2.05, 4.69) is 15.6 Å². The lowest BCUT2D eigenvalue weighted by Crippen LogP contribution is -2.59. The van der Waals surface area contributed by atoms with Gasteiger partial charge in [0.15, 0.2) is 0 Å². The largest absolute Gasteiger partial charge is 0.348 e. The number of rotatable bonds is 1. The molecule has 1 aromatic heterocycles. The summed E-state index contributed by atoms with van der Waals surface area (Å²) in [5, 5.41) is 6.16. The summed E-state index contributed by atoms with van der Waals surface area (Å²) < 4.78 is 0. The third kappa shape index (κ3) is 2.15. The van der Waals surface area contributed by atoms with Crippen molar-refractivity contribution in [2.45, 2.75) is 25.4 Å². The number of carbonyl (C=O) groups excluding carboxylic acids is 1. The fraction of sp³-hybridized carbons (Fsp3) is 0.455. The number of piperazine rings is 1. The Labute approximate surface area is 89.1 Å². The van der Waals surface area contributed by atoms with Crippen LogP contribution in [0.25, 0.3) is 0 Å². The first-order chi connectivity index (χ1) is 7.08. The third-order valence-corrected chi connectivity index (χ3v) is 2.46. The summed E-state index contributed by atoms with van der Waals surface area (Å²) in [4.78, 5) is 16.0. The first kappa shape index (κ1) is 10.1. The minimum absolute atomic E-state index is 0.00931. The molecule has 2 rings (SSSR count). The molecule has 1 aromatic rings. The van der Waals surface area contributed by atoms with Crippen LogP contribution in [-0.2, 0) is 4.79 Å². The highest BCUT2D eigenvalue weighted by molar-refractivity contribution is 5.84. The van der Waals surface area contributed by atoms with Crippen LogP contribution in [0.2, 0.25) is 0 Å². The van der Waals surface area contributed by atoms with E-state index in [0.717, 1.165) is 12.2 Å². The van der Waals surface area contributed by atoms with Gasteiger partial charge in [-0.25, -0.2) is 0 Å². The quantitative estimate of drug-likeness (QED) is 0.706. The number of amides is 1. The Morgan fingerprint density at radius 2 is 2.27 bits per heavy atom. The summed E-state index contributed by atoms with van der Waals surface area (Å²) in [7, 11) is 0. The zero-order valence-electron chi connectivity index (χ0n) is 8.95. The Bertz CT molecular complexity index is 361. The minimum Gasteiger partial charge on any atom is -0.348 e. The van der Waals surface area contributed by atoms with Gasteiger partial charge >= 0.3 is 0 Å². The lowest BCUT2D eigenvalue weighted by molar-refractivity contribution is -0.127. The van der Waals surface area contributed by atoms with Gasteiger partial charge in [-0.15, -0.1) is 0 Å². The maximum atomic E-state index is 11.8. The maximum absolute atomic E-state index is 11.8. The van der Waals surface area contributed by atoms with Gasteiger partial charge in [0, 0.05) is 18.3 Å². The Morgan fingerprint density at radius 3 is 2.87 bits per heavy atom. The van der Waals surface area contributed by atoms with E-state index >= 15 is 0 Å². The van der Waals surface area contributed by atoms with Crippen LogP contribution in [0, 0.1) is 0 Å². The van der Waals surface area contributed by atoms with Gasteiger partial charge in [0.05, 0.1) is 5.69 Å². The van der Waals surface area contributed by atoms with Crippen LogP contribution in [-0.4, -0.2) is 23.0 Å². The zero-order valence-corrected chi connectivity index (χ0v) is 8.95. The molecule has 0 radical (unpaired) electrons. The average molecular weight is 205 g/mol. The number of nitrogens with zero attached hydrogens (tertiary/aromatic N) is 1. The number of carbonyl (C=O) groups is 1. The molecule has 0 saturated carbocycles. The molecule has 15 heavy (non-hydrogen) atoms. The molecule has 80 valence electrons. The van der Waals surface area contributed by atoms with Crippen LogP contribution in [0.3, 0.4) is 0 Å². The van der Waals surface area contributed by atoms with E-state index in [0.29, 0.717) is 0 Å². The van der Waals surface area contributed by atoms with E-state index < -0.39 is 0 Å². The fourth-order valence-electron chi connectivity index (χ4n) is 1.69. The standard InChI is InChI=1S/C11H15N3O/c1-11(2)7-13-9(10(15)14-11)8-5-3-4-6-12-8/h3-6,9,13H,7H2,1-2H3,(H,14,15). The SMILES string of the molecule is CC1(C)CNC(c2ccccn2)C(=O)N1. The van der Waals surface area contributed by atoms with Crippen LogP contribution in [0.1, 0.15) is 25.6 Å². The van der Waals surface area contributed by atoms with Gasteiger partial charge in [-0.1, -0.05) is 6.07 Å². The van der Waals surface area contributed by atoms with Gasteiger partial charge in [0.2, 0.25) is 5.91 Å². The first-order valence-electron chi connectivity index (χ1n) is 5.05. The lowest BCUT2D eigenvalue weighted by atomic mass is 9.99. The van der Waals surface area contributed by atoms with Crippen LogP contribution in [0.15, 0.2) is 24.4 Å². The van der Waals surface area contributed by atoms with Crippen molar-refractivity contribution in [1.82, 2.24) is 15.6 Å². The summed E-state index contributed by atoms with van der Waals surface area (Å²) in [5.74, 6) is -0.00931. The molecule has 1 atom stereocenters. The molecular weight excluding hydrogens is 190 g/mol. The van der Waals surface area contributed by atoms with Gasteiger partial charge in [-0.2, -0.15) is 0 Å². The normalized spacial score (nSPS) is 24.7. The predicted molar refractivity (Wildman–Crippen MR) is 57.2 cm³/mol. The number of nitrogens with one attached hydrogen (secondary N) is 2. The van der Waals surface area contributed by atoms with Crippen molar-refractivity contribution in [3.8, 4) is 0 Å². The highest BCUT2D eigenvalue weighted by Crippen LogP contribution is 2.16. The molecule has 2 N–H and O–H groups in total. The molecular formula is C11H15N3O. The van der Waals surface area contributed by atoms with Crippen LogP contribution in [0.5, 0.6) is 0 Å². The van der Waals surface area contributed by atoms with Gasteiger partial charge < -0.3 is 5.32 Å². The van der Waals surface area contributed by atoms with Crippen molar-refractivity contribution in [2.24, 2.45) is 0 Å². The Hall–Kier alpha value is -1.42. The molecule has 0 spiro atoms. The van der Waals surface area contributed by atoms with E-state index in [1.807, 2.05) is 32.0 Å². The molecule has 1 saturated heterocycles. The van der Waals surface area contributed by atoms with E-state index in [1.165, 1.54) is 0 Å². The summed E-state index contributed by atoms with van der Waals surface area (Å²) in [5.41, 5.74) is 0.591. The Morgan fingerprint density at radius 1 is 1.47 bits per heavy atom. The highest BCUT2D eigenvalue weighted by atomic mass is 16.2. The van der Waals surface area contributed by atoms with Crippen LogP contribution < -0.4 is 10.6 Å². The van der Waals surface area contributed by atoms with E-state index in [9.17, 15) is 4.79 Å². The molecule has 4 heteroatoms. The summed E-state index contributed by atoms with van der Waals surface area (Å²) in [6.45, 7) is 4.74. The van der Waals surface area contributed by atoms with Gasteiger partial charge in [-0.05, 0) is 26.0 Å². The summed E-state index contributed by atoms with van der Waals surface area (Å²) in [6, 6.07) is 5.26. The molecule has 4 nitrogen and oxygen atoms in total. The maximum Gasteiger partial charge on any atom is 0.243 e. The number of pyridine rings is 1. The van der Waals surface area contributed by atoms with E-state index in [-0.39, 0.29) is 17.5 Å². The smallest absolute Gasteiger partial charge is 0.243 e. The number of hydrogen-bond donors (Lipinski definition) is 2. The van der Waals surface area contributed by atoms with Gasteiger partial charge in [-0.3, -0.25) is 15.1 Å². The van der Waals surface area contributed by atoms with Crippen LogP contribution >= 0.6 is 0 Å². The monoisotopic (exact) mass is 205 g/mol. The van der Waals surface area contributed by atoms with Crippen molar-refractivity contribution in [3.63, 3.8) is 0 Å². The van der Waals surface area contributed by atoms with Gasteiger partial charge in [0.25, 0.3) is 0 Å². The second-order valence-corrected chi connectivity index (χ2v) is 4.44. The second-order valence-electron chi connectivity index (χ2n) is 4.44. The molecule has 0 bridgehead atoms. The van der Waals surface area contributed by atoms with Gasteiger partial charge in [0.1, 0.15) is 6.04 Å². The lowest BCUT2D eigenvalue weighted by Gasteiger charge is -2.35. The second kappa shape index (κ2) is 3.62. The molecule has 1 unspecified atom stereocenters. The molecule has 2 heterocycles. The highest BCUT2D eigenvalue weighted by Gasteiger charge is 2.33. The molecule has 1 aliphatic heterocycles. The first-order valence-corrected chi connectivity index (χ1v) is 5.05. The van der Waals surface area contributed by atoms with Crippen molar-refractivity contribution < 1.29 is 4.79 Å². The summed E-state index contributed by atoms with van der Waals surface area (Å²) >= 11 is 0. The molecule has 1 amide bonds. The molecule has 1 aliphatic rings. The van der Waals surface area contributed by atoms with Crippen LogP contribution in [0.4, 0.5) is 0 Å². The summed E-state index contributed by atoms with van der Waals surface area (Å²) in [6.07, 6.45) is 1.70. The molecule has 0 aliphatic carbocycles. The number of aromatic nitrogens is 1. The van der Waals surface area contributed by atoms with E-state index in [1.54, 1.807) is 6.20 Å². The molecule has 1 fully saturated rings. The zero-order chi connectivity index (χ0) is 10.9. The van der Waals surface area contributed by atoms with Crippen molar-refractivity contribution in [3.05, 3.63) is 30.1 Å². The minimum atomic E-state index is -0.320. The topological polar surface area (TPSA) is 54.0 Å². The van der Waals surface area contributed by atoms with E-state index in [4.69, 9.17) is 0 Å². The average Bonchev–Trinajstić information content (AvgIpc) is 2.17. The fourth-order valence-corrected chi connectivity index (χ4v) is 1.69. The Balaban J connectivity index is 2.17. The molecule has 0 aromatic carbocycles. The van der Waals surface area contributed by atoms with Crippen molar-refractivity contribution in [2.75, 3.05) is 6.54 Å². The van der Waals surface area contributed by atoms with Crippen molar-refractivity contribution >= 4 is 5.91 Å². The van der Waals surface area contributed by atoms with Crippen molar-refractivity contribution in [1.29, 1.82) is 0 Å². The Kier molecular flexibility index (Phi) is 2.44. The third-order valence-electron chi connectivity index (χ3n) is 2.46.